The number of fused-ring (bicyclic) bond motifs is 3. The van der Waals surface area contributed by atoms with Crippen molar-refractivity contribution in [2.24, 2.45) is 0 Å². The molecule has 3 aromatic rings. The summed E-state index contributed by atoms with van der Waals surface area (Å²) >= 11 is 0. The molecule has 1 amide bonds. The molecule has 0 fully saturated rings. The zero-order chi connectivity index (χ0) is 25.9. The second-order valence-corrected chi connectivity index (χ2v) is 9.68. The molecule has 7 nitrogen and oxygen atoms in total. The zero-order valence-electron chi connectivity index (χ0n) is 21.4. The van der Waals surface area contributed by atoms with Crippen molar-refractivity contribution in [3.8, 4) is 11.1 Å². The molecular formula is C29H28NO6Rb. The van der Waals surface area contributed by atoms with Gasteiger partial charge in [0, 0.05) is 5.92 Å². The van der Waals surface area contributed by atoms with Crippen LogP contribution >= 0.6 is 0 Å². The largest absolute Gasteiger partial charge is 1.00 e. The van der Waals surface area contributed by atoms with Crippen LogP contribution in [0.15, 0.2) is 66.7 Å². The normalized spacial score (nSPS) is 12.9. The van der Waals surface area contributed by atoms with Crippen molar-refractivity contribution in [1.29, 1.82) is 0 Å². The van der Waals surface area contributed by atoms with E-state index in [1.807, 2.05) is 48.5 Å². The van der Waals surface area contributed by atoms with E-state index >= 15 is 0 Å². The van der Waals surface area contributed by atoms with Crippen LogP contribution in [-0.2, 0) is 20.7 Å². The summed E-state index contributed by atoms with van der Waals surface area (Å²) in [6.07, 6.45) is -0.802. The van der Waals surface area contributed by atoms with Crippen LogP contribution in [-0.4, -0.2) is 41.4 Å². The summed E-state index contributed by atoms with van der Waals surface area (Å²) < 4.78 is 10.8. The van der Waals surface area contributed by atoms with Gasteiger partial charge in [0.25, 0.3) is 5.97 Å². The third-order valence-electron chi connectivity index (χ3n) is 5.87. The van der Waals surface area contributed by atoms with E-state index in [9.17, 15) is 19.5 Å². The Bertz CT molecular complexity index is 1240. The molecule has 2 N–H and O–H groups in total. The number of alkyl carbamates (subject to hydrolysis) is 1. The molecule has 1 aliphatic carbocycles. The van der Waals surface area contributed by atoms with E-state index in [1.165, 1.54) is 12.1 Å². The molecule has 0 saturated heterocycles. The first kappa shape index (κ1) is 29.2. The number of carbonyl (C=O) groups excluding carboxylic acids is 2. The first-order valence-corrected chi connectivity index (χ1v) is 11.7. The molecule has 0 saturated carbocycles. The minimum atomic E-state index is -1.21. The Morgan fingerprint density at radius 3 is 2.08 bits per heavy atom. The number of hydrogen-bond acceptors (Lipinski definition) is 5. The fraction of sp³-hybridized carbons (Fsp3) is 0.276. The van der Waals surface area contributed by atoms with Crippen LogP contribution in [0.25, 0.3) is 11.1 Å². The summed E-state index contributed by atoms with van der Waals surface area (Å²) in [5, 5.41) is 12.1. The number of ether oxygens (including phenoxy) is 2. The minimum absolute atomic E-state index is 0. The molecule has 0 heterocycles. The monoisotopic (exact) mass is 571 g/mol. The van der Waals surface area contributed by atoms with Crippen molar-refractivity contribution in [1.82, 2.24) is 5.32 Å². The number of rotatable bonds is 7. The van der Waals surface area contributed by atoms with Crippen LogP contribution < -0.4 is 63.5 Å². The second kappa shape index (κ2) is 12.5. The number of hydrogen-bond donors (Lipinski definition) is 2. The van der Waals surface area contributed by atoms with Crippen LogP contribution in [0.4, 0.5) is 4.79 Å². The third-order valence-corrected chi connectivity index (χ3v) is 5.87. The Morgan fingerprint density at radius 1 is 0.973 bits per heavy atom. The van der Waals surface area contributed by atoms with E-state index in [0.717, 1.165) is 22.3 Å². The van der Waals surface area contributed by atoms with Crippen LogP contribution in [0.3, 0.4) is 0 Å². The topological polar surface area (TPSA) is 102 Å². The Labute approximate surface area is 265 Å². The molecule has 0 unspecified atom stereocenters. The van der Waals surface area contributed by atoms with E-state index in [-0.39, 0.29) is 82.7 Å². The van der Waals surface area contributed by atoms with Gasteiger partial charge in [-0.25, -0.2) is 4.79 Å². The number of benzene rings is 3. The predicted octanol–water partition coefficient (Wildman–Crippen LogP) is 1.98. The van der Waals surface area contributed by atoms with Gasteiger partial charge in [0.05, 0.1) is 5.60 Å². The quantitative estimate of drug-likeness (QED) is 0.332. The van der Waals surface area contributed by atoms with E-state index in [2.05, 4.69) is 11.4 Å². The van der Waals surface area contributed by atoms with E-state index in [4.69, 9.17) is 9.47 Å². The molecule has 0 spiro atoms. The molecule has 8 heteroatoms. The second-order valence-electron chi connectivity index (χ2n) is 9.68. The number of aliphatic carboxylic acids is 1. The van der Waals surface area contributed by atoms with Crippen LogP contribution in [0.5, 0.6) is 0 Å². The SMILES string of the molecule is CC(C)(C)OC(=O)c1[c-]cc(C[C@H](NC(=O)OCC2c3ccccc3-c3ccccc32)C(=O)O)cc1.[Rb+]. The summed E-state index contributed by atoms with van der Waals surface area (Å²) in [5.74, 6) is -1.83. The smallest absolute Gasteiger partial charge is 0.500 e. The van der Waals surface area contributed by atoms with Crippen molar-refractivity contribution in [2.75, 3.05) is 6.61 Å². The summed E-state index contributed by atoms with van der Waals surface area (Å²) in [6, 6.07) is 22.2. The molecule has 0 aliphatic heterocycles. The molecule has 1 aliphatic rings. The molecule has 1 atom stereocenters. The van der Waals surface area contributed by atoms with Gasteiger partial charge in [0.15, 0.2) is 0 Å². The molecule has 0 radical (unpaired) electrons. The number of amides is 1. The van der Waals surface area contributed by atoms with Crippen molar-refractivity contribution < 1.29 is 87.2 Å². The molecule has 4 rings (SSSR count). The van der Waals surface area contributed by atoms with E-state index in [0.29, 0.717) is 5.56 Å². The number of carboxylic acid groups (broad SMARTS) is 1. The molecule has 186 valence electrons. The first-order valence-electron chi connectivity index (χ1n) is 11.7. The van der Waals surface area contributed by atoms with Gasteiger partial charge in [-0.15, -0.1) is 29.8 Å². The van der Waals surface area contributed by atoms with Gasteiger partial charge in [-0.2, -0.15) is 0 Å². The minimum Gasteiger partial charge on any atom is -0.500 e. The molecule has 37 heavy (non-hydrogen) atoms. The predicted molar refractivity (Wildman–Crippen MR) is 134 cm³/mol. The standard InChI is InChI=1S/C29H28NO6.Rb/c1-29(2,3)36-27(33)19-14-12-18(13-15-19)16-25(26(31)32)30-28(34)35-17-24-22-10-6-4-8-20(22)21-9-5-7-11-23(21)24;/h4-14,24-25H,16-17H2,1-3H3,(H,30,34)(H,31,32);/q-1;+1/t25-;/m0./s1. The molecule has 0 bridgehead atoms. The Morgan fingerprint density at radius 2 is 1.57 bits per heavy atom. The molecule has 0 aromatic heterocycles. The summed E-state index contributed by atoms with van der Waals surface area (Å²) in [4.78, 5) is 36.5. The van der Waals surface area contributed by atoms with Crippen molar-refractivity contribution in [3.63, 3.8) is 0 Å². The van der Waals surface area contributed by atoms with Gasteiger partial charge < -0.3 is 24.7 Å². The van der Waals surface area contributed by atoms with Crippen LogP contribution in [0, 0.1) is 6.07 Å². The van der Waals surface area contributed by atoms with Crippen LogP contribution in [0.1, 0.15) is 53.7 Å². The Kier molecular flexibility index (Phi) is 9.86. The maximum atomic E-state index is 12.5. The van der Waals surface area contributed by atoms with Crippen molar-refractivity contribution in [3.05, 3.63) is 95.1 Å². The fourth-order valence-corrected chi connectivity index (χ4v) is 4.26. The van der Waals surface area contributed by atoms with Gasteiger partial charge in [0.2, 0.25) is 0 Å². The van der Waals surface area contributed by atoms with Gasteiger partial charge >= 0.3 is 70.3 Å². The van der Waals surface area contributed by atoms with Crippen molar-refractivity contribution in [2.45, 2.75) is 44.8 Å². The number of carbonyl (C=O) groups is 3. The Hall–Kier alpha value is -2.32. The third kappa shape index (κ3) is 7.38. The molecule has 3 aromatic carbocycles. The van der Waals surface area contributed by atoms with E-state index in [1.54, 1.807) is 26.8 Å². The van der Waals surface area contributed by atoms with Gasteiger partial charge in [-0.1, -0.05) is 54.1 Å². The maximum Gasteiger partial charge on any atom is 1.00 e. The number of esters is 1. The summed E-state index contributed by atoms with van der Waals surface area (Å²) in [5.41, 5.74) is 4.56. The fourth-order valence-electron chi connectivity index (χ4n) is 4.26. The molecular weight excluding hydrogens is 544 g/mol. The van der Waals surface area contributed by atoms with Gasteiger partial charge in [0.1, 0.15) is 12.6 Å². The summed E-state index contributed by atoms with van der Waals surface area (Å²) in [6.45, 7) is 5.40. The zero-order valence-corrected chi connectivity index (χ0v) is 26.3. The Balaban J connectivity index is 0.00000380. The van der Waals surface area contributed by atoms with Crippen LogP contribution in [0.2, 0.25) is 0 Å². The average Bonchev–Trinajstić information content (AvgIpc) is 3.15. The van der Waals surface area contributed by atoms with Gasteiger partial charge in [-0.05, 0) is 49.4 Å². The summed E-state index contributed by atoms with van der Waals surface area (Å²) in [7, 11) is 0. The first-order chi connectivity index (χ1) is 17.1. The van der Waals surface area contributed by atoms with E-state index < -0.39 is 29.7 Å². The van der Waals surface area contributed by atoms with Gasteiger partial charge in [-0.3, -0.25) is 4.79 Å². The maximum absolute atomic E-state index is 12.5. The van der Waals surface area contributed by atoms with Crippen molar-refractivity contribution >= 4 is 18.0 Å². The number of nitrogens with one attached hydrogen (secondary N) is 1. The average molecular weight is 572 g/mol. The number of carboxylic acids is 1.